The Hall–Kier alpha value is -2.35. The van der Waals surface area contributed by atoms with Crippen LogP contribution in [0.25, 0.3) is 23.2 Å². The highest BCUT2D eigenvalue weighted by Gasteiger charge is 2.03. The minimum absolute atomic E-state index is 0.972. The summed E-state index contributed by atoms with van der Waals surface area (Å²) >= 11 is 0. The lowest BCUT2D eigenvalue weighted by molar-refractivity contribution is 0.930. The third kappa shape index (κ3) is 1.93. The van der Waals surface area contributed by atoms with E-state index in [0.29, 0.717) is 0 Å². The molecule has 0 fully saturated rings. The largest absolute Gasteiger partial charge is 0.328 e. The van der Waals surface area contributed by atoms with E-state index >= 15 is 0 Å². The molecule has 0 unspecified atom stereocenters. The zero-order valence-electron chi connectivity index (χ0n) is 10.2. The molecule has 3 rings (SSSR count). The predicted molar refractivity (Wildman–Crippen MR) is 76.1 cm³/mol. The maximum Gasteiger partial charge on any atom is 0.133 e. The Morgan fingerprint density at radius 2 is 1.61 bits per heavy atom. The molecule has 0 aliphatic carbocycles. The molecule has 0 amide bonds. The van der Waals surface area contributed by atoms with Crippen molar-refractivity contribution < 1.29 is 0 Å². The van der Waals surface area contributed by atoms with E-state index in [1.807, 2.05) is 43.4 Å². The fraction of sp³-hybridized carbons (Fsp3) is 0.0625. The number of fused-ring (bicyclic) bond motifs is 1. The van der Waals surface area contributed by atoms with Gasteiger partial charge in [0, 0.05) is 7.05 Å². The zero-order valence-corrected chi connectivity index (χ0v) is 10.2. The molecule has 0 radical (unpaired) electrons. The van der Waals surface area contributed by atoms with Gasteiger partial charge in [-0.25, -0.2) is 4.98 Å². The highest BCUT2D eigenvalue weighted by atomic mass is 15.0. The van der Waals surface area contributed by atoms with Crippen molar-refractivity contribution in [2.45, 2.75) is 0 Å². The van der Waals surface area contributed by atoms with Crippen molar-refractivity contribution in [3.63, 3.8) is 0 Å². The average molecular weight is 234 g/mol. The summed E-state index contributed by atoms with van der Waals surface area (Å²) in [6.07, 6.45) is 4.14. The number of rotatable bonds is 2. The number of hydrogen-bond donors (Lipinski definition) is 0. The predicted octanol–water partition coefficient (Wildman–Crippen LogP) is 3.74. The first kappa shape index (κ1) is 10.8. The number of nitrogens with zero attached hydrogens (tertiary/aromatic N) is 2. The Morgan fingerprint density at radius 3 is 2.39 bits per heavy atom. The normalized spacial score (nSPS) is 11.4. The second kappa shape index (κ2) is 4.49. The van der Waals surface area contributed by atoms with Crippen molar-refractivity contribution in [1.29, 1.82) is 0 Å². The van der Waals surface area contributed by atoms with Gasteiger partial charge in [-0.2, -0.15) is 0 Å². The second-order valence-electron chi connectivity index (χ2n) is 4.26. The van der Waals surface area contributed by atoms with Crippen LogP contribution in [0.5, 0.6) is 0 Å². The lowest BCUT2D eigenvalue weighted by atomic mass is 10.2. The van der Waals surface area contributed by atoms with E-state index < -0.39 is 0 Å². The third-order valence-corrected chi connectivity index (χ3v) is 3.05. The van der Waals surface area contributed by atoms with E-state index in [1.165, 1.54) is 5.56 Å². The average Bonchev–Trinajstić information content (AvgIpc) is 2.75. The van der Waals surface area contributed by atoms with E-state index in [9.17, 15) is 0 Å². The first-order valence-electron chi connectivity index (χ1n) is 5.99. The minimum atomic E-state index is 0.972. The summed E-state index contributed by atoms with van der Waals surface area (Å²) in [5.41, 5.74) is 3.38. The molecule has 0 saturated heterocycles. The van der Waals surface area contributed by atoms with Crippen LogP contribution in [0.2, 0.25) is 0 Å². The number of hydrogen-bond acceptors (Lipinski definition) is 1. The number of aryl methyl sites for hydroxylation is 1. The summed E-state index contributed by atoms with van der Waals surface area (Å²) in [6.45, 7) is 0. The summed E-state index contributed by atoms with van der Waals surface area (Å²) in [6, 6.07) is 18.4. The Morgan fingerprint density at radius 1 is 0.889 bits per heavy atom. The molecule has 2 aromatic carbocycles. The number of aromatic nitrogens is 2. The van der Waals surface area contributed by atoms with Gasteiger partial charge in [-0.3, -0.25) is 0 Å². The van der Waals surface area contributed by atoms with Crippen LogP contribution in [0.4, 0.5) is 0 Å². The van der Waals surface area contributed by atoms with Gasteiger partial charge in [-0.1, -0.05) is 48.5 Å². The molecule has 0 aliphatic heterocycles. The van der Waals surface area contributed by atoms with Crippen molar-refractivity contribution in [2.24, 2.45) is 7.05 Å². The Bertz CT molecular complexity index is 693. The Balaban J connectivity index is 2.00. The van der Waals surface area contributed by atoms with Crippen LogP contribution in [0, 0.1) is 0 Å². The van der Waals surface area contributed by atoms with Gasteiger partial charge in [0.2, 0.25) is 0 Å². The molecule has 0 N–H and O–H groups in total. The van der Waals surface area contributed by atoms with Crippen molar-refractivity contribution in [3.8, 4) is 0 Å². The molecule has 0 spiro atoms. The maximum absolute atomic E-state index is 4.60. The maximum atomic E-state index is 4.60. The van der Waals surface area contributed by atoms with E-state index in [4.69, 9.17) is 0 Å². The standard InChI is InChI=1S/C16H14N2/c1-18-15-10-6-5-9-14(15)17-16(18)12-11-13-7-3-2-4-8-13/h2-12H,1H3/b12-11+. The van der Waals surface area contributed by atoms with Crippen LogP contribution in [-0.2, 0) is 7.05 Å². The number of imidazole rings is 1. The first-order valence-corrected chi connectivity index (χ1v) is 5.99. The molecule has 1 heterocycles. The number of benzene rings is 2. The van der Waals surface area contributed by atoms with E-state index in [-0.39, 0.29) is 0 Å². The molecule has 2 heteroatoms. The minimum Gasteiger partial charge on any atom is -0.328 e. The lowest BCUT2D eigenvalue weighted by Gasteiger charge is -1.96. The zero-order chi connectivity index (χ0) is 12.4. The van der Waals surface area contributed by atoms with Crippen LogP contribution < -0.4 is 0 Å². The molecule has 0 atom stereocenters. The quantitative estimate of drug-likeness (QED) is 0.660. The highest BCUT2D eigenvalue weighted by Crippen LogP contribution is 2.16. The van der Waals surface area contributed by atoms with E-state index in [2.05, 4.69) is 39.9 Å². The van der Waals surface area contributed by atoms with Gasteiger partial charge in [0.15, 0.2) is 0 Å². The molecule has 3 aromatic rings. The van der Waals surface area contributed by atoms with Crippen LogP contribution in [0.3, 0.4) is 0 Å². The monoisotopic (exact) mass is 234 g/mol. The second-order valence-corrected chi connectivity index (χ2v) is 4.26. The van der Waals surface area contributed by atoms with E-state index in [1.54, 1.807) is 0 Å². The molecule has 0 aliphatic rings. The van der Waals surface area contributed by atoms with Crippen LogP contribution >= 0.6 is 0 Å². The van der Waals surface area contributed by atoms with Gasteiger partial charge in [-0.15, -0.1) is 0 Å². The van der Waals surface area contributed by atoms with Gasteiger partial charge in [0.1, 0.15) is 5.82 Å². The van der Waals surface area contributed by atoms with Crippen molar-refractivity contribution in [2.75, 3.05) is 0 Å². The van der Waals surface area contributed by atoms with Crippen molar-refractivity contribution in [3.05, 3.63) is 66.0 Å². The summed E-state index contributed by atoms with van der Waals surface area (Å²) in [7, 11) is 2.04. The fourth-order valence-electron chi connectivity index (χ4n) is 2.05. The van der Waals surface area contributed by atoms with Crippen molar-refractivity contribution >= 4 is 23.2 Å². The molecule has 18 heavy (non-hydrogen) atoms. The van der Waals surface area contributed by atoms with Gasteiger partial charge in [0.25, 0.3) is 0 Å². The number of para-hydroxylation sites is 2. The Labute approximate surface area is 106 Å². The van der Waals surface area contributed by atoms with Gasteiger partial charge in [-0.05, 0) is 23.8 Å². The fourth-order valence-corrected chi connectivity index (χ4v) is 2.05. The third-order valence-electron chi connectivity index (χ3n) is 3.05. The highest BCUT2D eigenvalue weighted by molar-refractivity contribution is 5.79. The van der Waals surface area contributed by atoms with Crippen LogP contribution in [0.15, 0.2) is 54.6 Å². The molecule has 1 aromatic heterocycles. The first-order chi connectivity index (χ1) is 8.84. The van der Waals surface area contributed by atoms with Crippen LogP contribution in [-0.4, -0.2) is 9.55 Å². The molecule has 0 bridgehead atoms. The van der Waals surface area contributed by atoms with Crippen LogP contribution in [0.1, 0.15) is 11.4 Å². The summed E-state index contributed by atoms with van der Waals surface area (Å²) in [5, 5.41) is 0. The molecular weight excluding hydrogens is 220 g/mol. The lowest BCUT2D eigenvalue weighted by Crippen LogP contribution is -1.90. The topological polar surface area (TPSA) is 17.8 Å². The van der Waals surface area contributed by atoms with E-state index in [0.717, 1.165) is 16.9 Å². The SMILES string of the molecule is Cn1c(/C=C/c2ccccc2)nc2ccccc21. The summed E-state index contributed by atoms with van der Waals surface area (Å²) in [5.74, 6) is 0.972. The Kier molecular flexibility index (Phi) is 2.69. The van der Waals surface area contributed by atoms with Gasteiger partial charge in [0.05, 0.1) is 11.0 Å². The molecule has 0 saturated carbocycles. The summed E-state index contributed by atoms with van der Waals surface area (Å²) in [4.78, 5) is 4.60. The molecular formula is C16H14N2. The summed E-state index contributed by atoms with van der Waals surface area (Å²) < 4.78 is 2.11. The van der Waals surface area contributed by atoms with Gasteiger partial charge >= 0.3 is 0 Å². The smallest absolute Gasteiger partial charge is 0.133 e. The van der Waals surface area contributed by atoms with Crippen molar-refractivity contribution in [1.82, 2.24) is 9.55 Å². The van der Waals surface area contributed by atoms with Gasteiger partial charge < -0.3 is 4.57 Å². The molecule has 2 nitrogen and oxygen atoms in total. The molecule has 88 valence electrons.